The van der Waals surface area contributed by atoms with Crippen LogP contribution in [0.4, 0.5) is 0 Å². The summed E-state index contributed by atoms with van der Waals surface area (Å²) >= 11 is 0. The van der Waals surface area contributed by atoms with E-state index in [1.807, 2.05) is 12.4 Å². The summed E-state index contributed by atoms with van der Waals surface area (Å²) in [4.78, 5) is 4.36. The molecular formula is C18H26N2. The molecule has 0 saturated heterocycles. The summed E-state index contributed by atoms with van der Waals surface area (Å²) in [5.41, 5.74) is 1.31. The van der Waals surface area contributed by atoms with E-state index in [1.165, 1.54) is 48.4 Å². The summed E-state index contributed by atoms with van der Waals surface area (Å²) in [6.45, 7) is 5.44. The van der Waals surface area contributed by atoms with Gasteiger partial charge in [-0.15, -0.1) is 0 Å². The van der Waals surface area contributed by atoms with Gasteiger partial charge in [-0.1, -0.05) is 57.4 Å². The van der Waals surface area contributed by atoms with Gasteiger partial charge >= 0.3 is 0 Å². The molecule has 0 aliphatic heterocycles. The van der Waals surface area contributed by atoms with Gasteiger partial charge in [0.15, 0.2) is 0 Å². The number of hydrogen-bond donors (Lipinski definition) is 1. The highest BCUT2D eigenvalue weighted by Crippen LogP contribution is 2.17. The zero-order chi connectivity index (χ0) is 14.2. The molecule has 2 nitrogen and oxygen atoms in total. The highest BCUT2D eigenvalue weighted by molar-refractivity contribution is 5.84. The van der Waals surface area contributed by atoms with E-state index in [0.717, 1.165) is 6.54 Å². The van der Waals surface area contributed by atoms with Crippen LogP contribution < -0.4 is 5.32 Å². The quantitative estimate of drug-likeness (QED) is 0.753. The van der Waals surface area contributed by atoms with Crippen LogP contribution in [0.5, 0.6) is 0 Å². The number of unbranched alkanes of at least 4 members (excludes halogenated alkanes) is 1. The van der Waals surface area contributed by atoms with Crippen molar-refractivity contribution in [2.45, 2.75) is 58.5 Å². The molecule has 0 spiro atoms. The molecule has 1 aromatic heterocycles. The van der Waals surface area contributed by atoms with Gasteiger partial charge in [-0.25, -0.2) is 0 Å². The standard InChI is InChI=1S/C18H26N2/c1-3-5-10-17(8-4-2)20-14-16-13-19-12-15-9-6-7-11-18(15)16/h6-7,9,11-13,17,20H,3-5,8,10,14H2,1-2H3. The average Bonchev–Trinajstić information content (AvgIpc) is 2.50. The van der Waals surface area contributed by atoms with Crippen molar-refractivity contribution in [2.24, 2.45) is 0 Å². The highest BCUT2D eigenvalue weighted by atomic mass is 14.9. The molecule has 1 N–H and O–H groups in total. The summed E-state index contributed by atoms with van der Waals surface area (Å²) in [5.74, 6) is 0. The van der Waals surface area contributed by atoms with Gasteiger partial charge in [0.1, 0.15) is 0 Å². The van der Waals surface area contributed by atoms with E-state index in [1.54, 1.807) is 0 Å². The minimum Gasteiger partial charge on any atom is -0.310 e. The first kappa shape index (κ1) is 15.0. The molecule has 0 aliphatic rings. The minimum atomic E-state index is 0.638. The predicted molar refractivity (Wildman–Crippen MR) is 86.8 cm³/mol. The molecule has 0 saturated carbocycles. The summed E-state index contributed by atoms with van der Waals surface area (Å²) < 4.78 is 0. The van der Waals surface area contributed by atoms with E-state index in [2.05, 4.69) is 48.4 Å². The number of nitrogens with one attached hydrogen (secondary N) is 1. The van der Waals surface area contributed by atoms with E-state index in [-0.39, 0.29) is 0 Å². The number of pyridine rings is 1. The van der Waals surface area contributed by atoms with Crippen molar-refractivity contribution in [3.63, 3.8) is 0 Å². The van der Waals surface area contributed by atoms with Crippen molar-refractivity contribution in [1.82, 2.24) is 10.3 Å². The fraction of sp³-hybridized carbons (Fsp3) is 0.500. The van der Waals surface area contributed by atoms with Crippen LogP contribution in [0.15, 0.2) is 36.7 Å². The third-order valence-electron chi connectivity index (χ3n) is 3.88. The van der Waals surface area contributed by atoms with Crippen LogP contribution in [-0.4, -0.2) is 11.0 Å². The Hall–Kier alpha value is -1.41. The van der Waals surface area contributed by atoms with Crippen LogP contribution in [0.1, 0.15) is 51.5 Å². The Balaban J connectivity index is 2.03. The van der Waals surface area contributed by atoms with E-state index >= 15 is 0 Å². The Labute approximate surface area is 122 Å². The maximum absolute atomic E-state index is 4.36. The first-order valence-corrected chi connectivity index (χ1v) is 7.90. The van der Waals surface area contributed by atoms with Crippen molar-refractivity contribution in [2.75, 3.05) is 0 Å². The van der Waals surface area contributed by atoms with Gasteiger partial charge < -0.3 is 5.32 Å². The van der Waals surface area contributed by atoms with Crippen molar-refractivity contribution < 1.29 is 0 Å². The van der Waals surface area contributed by atoms with Crippen molar-refractivity contribution in [1.29, 1.82) is 0 Å². The Morgan fingerprint density at radius 1 is 1.05 bits per heavy atom. The lowest BCUT2D eigenvalue weighted by atomic mass is 10.0. The second-order valence-electron chi connectivity index (χ2n) is 5.53. The third kappa shape index (κ3) is 4.04. The number of hydrogen-bond acceptors (Lipinski definition) is 2. The van der Waals surface area contributed by atoms with Crippen LogP contribution in [0.3, 0.4) is 0 Å². The lowest BCUT2D eigenvalue weighted by Gasteiger charge is -2.18. The second-order valence-corrected chi connectivity index (χ2v) is 5.53. The zero-order valence-corrected chi connectivity index (χ0v) is 12.7. The summed E-state index contributed by atoms with van der Waals surface area (Å²) in [5, 5.41) is 6.27. The van der Waals surface area contributed by atoms with E-state index in [9.17, 15) is 0 Å². The molecule has 1 heterocycles. The van der Waals surface area contributed by atoms with Crippen LogP contribution in [0.2, 0.25) is 0 Å². The second kappa shape index (κ2) is 8.01. The Morgan fingerprint density at radius 3 is 2.70 bits per heavy atom. The van der Waals surface area contributed by atoms with Gasteiger partial charge in [0.05, 0.1) is 0 Å². The molecule has 108 valence electrons. The first-order chi connectivity index (χ1) is 9.85. The van der Waals surface area contributed by atoms with Crippen molar-refractivity contribution in [3.05, 3.63) is 42.2 Å². The topological polar surface area (TPSA) is 24.9 Å². The number of nitrogens with zero attached hydrogens (tertiary/aromatic N) is 1. The largest absolute Gasteiger partial charge is 0.310 e. The maximum Gasteiger partial charge on any atom is 0.0346 e. The lowest BCUT2D eigenvalue weighted by molar-refractivity contribution is 0.434. The Bertz CT molecular complexity index is 516. The van der Waals surface area contributed by atoms with Crippen molar-refractivity contribution in [3.8, 4) is 0 Å². The molecule has 1 unspecified atom stereocenters. The molecule has 2 aromatic rings. The number of benzene rings is 1. The van der Waals surface area contributed by atoms with E-state index < -0.39 is 0 Å². The molecule has 20 heavy (non-hydrogen) atoms. The van der Waals surface area contributed by atoms with Crippen LogP contribution in [0, 0.1) is 0 Å². The Kier molecular flexibility index (Phi) is 6.00. The normalized spacial score (nSPS) is 12.7. The Morgan fingerprint density at radius 2 is 1.90 bits per heavy atom. The molecular weight excluding hydrogens is 244 g/mol. The fourth-order valence-corrected chi connectivity index (χ4v) is 2.72. The monoisotopic (exact) mass is 270 g/mol. The SMILES string of the molecule is CCCCC(CCC)NCc1cncc2ccccc12. The van der Waals surface area contributed by atoms with Gasteiger partial charge in [-0.2, -0.15) is 0 Å². The van der Waals surface area contributed by atoms with Gasteiger partial charge in [0.2, 0.25) is 0 Å². The minimum absolute atomic E-state index is 0.638. The van der Waals surface area contributed by atoms with Gasteiger partial charge in [-0.3, -0.25) is 4.98 Å². The summed E-state index contributed by atoms with van der Waals surface area (Å²) in [6, 6.07) is 9.13. The molecule has 0 fully saturated rings. The smallest absolute Gasteiger partial charge is 0.0346 e. The van der Waals surface area contributed by atoms with Gasteiger partial charge in [-0.05, 0) is 23.8 Å². The van der Waals surface area contributed by atoms with Crippen LogP contribution >= 0.6 is 0 Å². The van der Waals surface area contributed by atoms with Gasteiger partial charge in [0, 0.05) is 30.4 Å². The summed E-state index contributed by atoms with van der Waals surface area (Å²) in [6.07, 6.45) is 10.3. The third-order valence-corrected chi connectivity index (χ3v) is 3.88. The highest BCUT2D eigenvalue weighted by Gasteiger charge is 2.08. The fourth-order valence-electron chi connectivity index (χ4n) is 2.72. The molecule has 1 atom stereocenters. The number of rotatable bonds is 8. The molecule has 0 bridgehead atoms. The number of aromatic nitrogens is 1. The predicted octanol–water partition coefficient (Wildman–Crippen LogP) is 4.68. The average molecular weight is 270 g/mol. The zero-order valence-electron chi connectivity index (χ0n) is 12.7. The molecule has 0 aliphatic carbocycles. The lowest BCUT2D eigenvalue weighted by Crippen LogP contribution is -2.28. The van der Waals surface area contributed by atoms with Gasteiger partial charge in [0.25, 0.3) is 0 Å². The van der Waals surface area contributed by atoms with Crippen molar-refractivity contribution >= 4 is 10.8 Å². The number of fused-ring (bicyclic) bond motifs is 1. The molecule has 0 radical (unpaired) electrons. The van der Waals surface area contributed by atoms with Crippen LogP contribution in [-0.2, 0) is 6.54 Å². The van der Waals surface area contributed by atoms with E-state index in [4.69, 9.17) is 0 Å². The van der Waals surface area contributed by atoms with E-state index in [0.29, 0.717) is 6.04 Å². The molecule has 0 amide bonds. The summed E-state index contributed by atoms with van der Waals surface area (Å²) in [7, 11) is 0. The molecule has 1 aromatic carbocycles. The molecule has 2 heteroatoms. The first-order valence-electron chi connectivity index (χ1n) is 7.90. The maximum atomic E-state index is 4.36. The van der Waals surface area contributed by atoms with Crippen LogP contribution in [0.25, 0.3) is 10.8 Å². The molecule has 2 rings (SSSR count).